The fraction of sp³-hybridized carbons (Fsp3) is 0.231. The highest BCUT2D eigenvalue weighted by Gasteiger charge is 2.08. The van der Waals surface area contributed by atoms with E-state index in [1.165, 1.54) is 0 Å². The summed E-state index contributed by atoms with van der Waals surface area (Å²) in [5.74, 6) is 1.02. The Hall–Kier alpha value is -1.72. The number of nitrogens with two attached hydrogens (primary N) is 1. The lowest BCUT2D eigenvalue weighted by atomic mass is 10.1. The molecule has 2 heterocycles. The van der Waals surface area contributed by atoms with Crippen LogP contribution in [0.2, 0.25) is 0 Å². The zero-order valence-corrected chi connectivity index (χ0v) is 11.2. The fourth-order valence-electron chi connectivity index (χ4n) is 2.02. The van der Waals surface area contributed by atoms with Crippen molar-refractivity contribution in [3.05, 3.63) is 34.4 Å². The molecule has 2 N–H and O–H groups in total. The largest absolute Gasteiger partial charge is 0.331 e. The van der Waals surface area contributed by atoms with Crippen molar-refractivity contribution in [3.8, 4) is 11.3 Å². The van der Waals surface area contributed by atoms with Gasteiger partial charge in [-0.2, -0.15) is 0 Å². The number of nitrogens with zero attached hydrogens (tertiary/aromatic N) is 3. The molecule has 3 aromatic rings. The summed E-state index contributed by atoms with van der Waals surface area (Å²) < 4.78 is 2.09. The first-order valence-corrected chi connectivity index (χ1v) is 6.65. The molecule has 0 bridgehead atoms. The van der Waals surface area contributed by atoms with Gasteiger partial charge in [-0.3, -0.25) is 0 Å². The number of benzene rings is 1. The third-order valence-electron chi connectivity index (χ3n) is 3.13. The first-order chi connectivity index (χ1) is 8.69. The molecule has 0 saturated heterocycles. The zero-order chi connectivity index (χ0) is 12.7. The Morgan fingerprint density at radius 1 is 1.33 bits per heavy atom. The standard InChI is InChI=1S/C13H14N4S/c1-8-15-10-5-9(3-4-12(10)17(8)2)11-7-18-13(6-14)16-11/h3-5,7H,6,14H2,1-2H3. The summed E-state index contributed by atoms with van der Waals surface area (Å²) in [7, 11) is 2.03. The number of thiazole rings is 1. The lowest BCUT2D eigenvalue weighted by Crippen LogP contribution is -1.94. The van der Waals surface area contributed by atoms with E-state index in [0.29, 0.717) is 6.54 Å². The third-order valence-corrected chi connectivity index (χ3v) is 4.00. The van der Waals surface area contributed by atoms with Gasteiger partial charge >= 0.3 is 0 Å². The third kappa shape index (κ3) is 1.72. The van der Waals surface area contributed by atoms with Crippen LogP contribution in [0.15, 0.2) is 23.6 Å². The molecule has 0 fully saturated rings. The molecule has 0 amide bonds. The molecule has 0 aliphatic rings. The summed E-state index contributed by atoms with van der Waals surface area (Å²) in [5, 5.41) is 3.00. The van der Waals surface area contributed by atoms with Gasteiger partial charge in [0.2, 0.25) is 0 Å². The number of imidazole rings is 1. The first-order valence-electron chi connectivity index (χ1n) is 5.77. The second kappa shape index (κ2) is 4.19. The second-order valence-electron chi connectivity index (χ2n) is 4.25. The predicted molar refractivity (Wildman–Crippen MR) is 74.5 cm³/mol. The topological polar surface area (TPSA) is 56.7 Å². The molecule has 18 heavy (non-hydrogen) atoms. The highest BCUT2D eigenvalue weighted by atomic mass is 32.1. The van der Waals surface area contributed by atoms with Crippen molar-refractivity contribution in [2.24, 2.45) is 12.8 Å². The molecule has 0 spiro atoms. The molecular formula is C13H14N4S. The Bertz CT molecular complexity index is 711. The van der Waals surface area contributed by atoms with Crippen molar-refractivity contribution < 1.29 is 0 Å². The van der Waals surface area contributed by atoms with Crippen LogP contribution in [-0.2, 0) is 13.6 Å². The number of aryl methyl sites for hydroxylation is 2. The molecule has 0 aliphatic heterocycles. The molecular weight excluding hydrogens is 244 g/mol. The van der Waals surface area contributed by atoms with E-state index in [1.54, 1.807) is 11.3 Å². The average Bonchev–Trinajstić information content (AvgIpc) is 2.95. The molecule has 4 nitrogen and oxygen atoms in total. The Morgan fingerprint density at radius 3 is 2.89 bits per heavy atom. The van der Waals surface area contributed by atoms with Gasteiger partial charge in [-0.1, -0.05) is 6.07 Å². The Kier molecular flexibility index (Phi) is 2.65. The smallest absolute Gasteiger partial charge is 0.107 e. The van der Waals surface area contributed by atoms with Gasteiger partial charge in [-0.05, 0) is 19.1 Å². The number of aromatic nitrogens is 3. The molecule has 92 valence electrons. The molecule has 0 radical (unpaired) electrons. The number of rotatable bonds is 2. The SMILES string of the molecule is Cc1nc2cc(-c3csc(CN)n3)ccc2n1C. The quantitative estimate of drug-likeness (QED) is 0.768. The van der Waals surface area contributed by atoms with E-state index >= 15 is 0 Å². The second-order valence-corrected chi connectivity index (χ2v) is 5.19. The zero-order valence-electron chi connectivity index (χ0n) is 10.3. The van der Waals surface area contributed by atoms with Gasteiger partial charge in [0.25, 0.3) is 0 Å². The Balaban J connectivity index is 2.13. The number of hydrogen-bond acceptors (Lipinski definition) is 4. The maximum absolute atomic E-state index is 5.59. The normalized spacial score (nSPS) is 11.3. The molecule has 0 atom stereocenters. The van der Waals surface area contributed by atoms with E-state index in [0.717, 1.165) is 33.1 Å². The van der Waals surface area contributed by atoms with E-state index in [9.17, 15) is 0 Å². The van der Waals surface area contributed by atoms with Crippen LogP contribution in [0, 0.1) is 6.92 Å². The lowest BCUT2D eigenvalue weighted by molar-refractivity contribution is 0.886. The van der Waals surface area contributed by atoms with Gasteiger partial charge in [0.1, 0.15) is 10.8 Å². The summed E-state index contributed by atoms with van der Waals surface area (Å²) in [4.78, 5) is 9.03. The molecule has 3 rings (SSSR count). The van der Waals surface area contributed by atoms with E-state index < -0.39 is 0 Å². The summed E-state index contributed by atoms with van der Waals surface area (Å²) in [6, 6.07) is 6.25. The van der Waals surface area contributed by atoms with Crippen molar-refractivity contribution in [1.29, 1.82) is 0 Å². The van der Waals surface area contributed by atoms with E-state index in [-0.39, 0.29) is 0 Å². The predicted octanol–water partition coefficient (Wildman–Crippen LogP) is 2.46. The van der Waals surface area contributed by atoms with Gasteiger partial charge in [0, 0.05) is 24.5 Å². The van der Waals surface area contributed by atoms with Crippen LogP contribution < -0.4 is 5.73 Å². The van der Waals surface area contributed by atoms with E-state index in [4.69, 9.17) is 5.73 Å². The first kappa shape index (κ1) is 11.4. The monoisotopic (exact) mass is 258 g/mol. The molecule has 1 aromatic carbocycles. The Labute approximate surface area is 109 Å². The highest BCUT2D eigenvalue weighted by molar-refractivity contribution is 7.09. The van der Waals surface area contributed by atoms with Crippen LogP contribution in [0.1, 0.15) is 10.8 Å². The summed E-state index contributed by atoms with van der Waals surface area (Å²) >= 11 is 1.60. The van der Waals surface area contributed by atoms with Gasteiger partial charge in [0.15, 0.2) is 0 Å². The van der Waals surface area contributed by atoms with Gasteiger partial charge in [-0.25, -0.2) is 9.97 Å². The fourth-order valence-corrected chi connectivity index (χ4v) is 2.70. The maximum Gasteiger partial charge on any atom is 0.107 e. The summed E-state index contributed by atoms with van der Waals surface area (Å²) in [6.07, 6.45) is 0. The lowest BCUT2D eigenvalue weighted by Gasteiger charge is -1.98. The van der Waals surface area contributed by atoms with Crippen LogP contribution in [0.3, 0.4) is 0 Å². The Morgan fingerprint density at radius 2 is 2.17 bits per heavy atom. The van der Waals surface area contributed by atoms with Crippen molar-refractivity contribution in [1.82, 2.24) is 14.5 Å². The maximum atomic E-state index is 5.59. The van der Waals surface area contributed by atoms with Gasteiger partial charge in [-0.15, -0.1) is 11.3 Å². The van der Waals surface area contributed by atoms with E-state index in [1.807, 2.05) is 19.4 Å². The van der Waals surface area contributed by atoms with Gasteiger partial charge in [0.05, 0.1) is 16.7 Å². The molecule has 0 aliphatic carbocycles. The van der Waals surface area contributed by atoms with Crippen molar-refractivity contribution >= 4 is 22.4 Å². The molecule has 2 aromatic heterocycles. The van der Waals surface area contributed by atoms with Crippen LogP contribution in [0.5, 0.6) is 0 Å². The van der Waals surface area contributed by atoms with Crippen LogP contribution in [0.25, 0.3) is 22.3 Å². The minimum absolute atomic E-state index is 0.496. The van der Waals surface area contributed by atoms with Crippen LogP contribution in [0.4, 0.5) is 0 Å². The summed E-state index contributed by atoms with van der Waals surface area (Å²) in [6.45, 7) is 2.50. The van der Waals surface area contributed by atoms with Crippen molar-refractivity contribution in [3.63, 3.8) is 0 Å². The molecule has 0 saturated carbocycles. The van der Waals surface area contributed by atoms with Crippen LogP contribution >= 0.6 is 11.3 Å². The molecule has 5 heteroatoms. The van der Waals surface area contributed by atoms with Gasteiger partial charge < -0.3 is 10.3 Å². The van der Waals surface area contributed by atoms with Crippen molar-refractivity contribution in [2.75, 3.05) is 0 Å². The minimum atomic E-state index is 0.496. The minimum Gasteiger partial charge on any atom is -0.331 e. The number of hydrogen-bond donors (Lipinski definition) is 1. The number of fused-ring (bicyclic) bond motifs is 1. The van der Waals surface area contributed by atoms with Crippen molar-refractivity contribution in [2.45, 2.75) is 13.5 Å². The molecule has 0 unspecified atom stereocenters. The van der Waals surface area contributed by atoms with E-state index in [2.05, 4.69) is 32.7 Å². The summed E-state index contributed by atoms with van der Waals surface area (Å²) in [5.41, 5.74) is 9.81. The van der Waals surface area contributed by atoms with Crippen LogP contribution in [-0.4, -0.2) is 14.5 Å². The highest BCUT2D eigenvalue weighted by Crippen LogP contribution is 2.25. The average molecular weight is 258 g/mol.